The summed E-state index contributed by atoms with van der Waals surface area (Å²) in [6, 6.07) is 14.6. The summed E-state index contributed by atoms with van der Waals surface area (Å²) in [6.07, 6.45) is 3.22. The molecule has 2 heteroatoms. The molecule has 4 aromatic rings. The van der Waals surface area contributed by atoms with Crippen LogP contribution in [-0.4, -0.2) is 13.1 Å². The van der Waals surface area contributed by atoms with Crippen LogP contribution >= 0.6 is 0 Å². The Morgan fingerprint density at radius 2 is 0.744 bits per heavy atom. The first kappa shape index (κ1) is 29.5. The summed E-state index contributed by atoms with van der Waals surface area (Å²) in [5.74, 6) is 0. The van der Waals surface area contributed by atoms with Crippen LogP contribution in [-0.2, 0) is 32.4 Å². The van der Waals surface area contributed by atoms with Gasteiger partial charge in [0.1, 0.15) is 0 Å². The average Bonchev–Trinajstić information content (AvgIpc) is 3.00. The Morgan fingerprint density at radius 3 is 1.09 bits per heavy atom. The molecule has 0 aromatic heterocycles. The van der Waals surface area contributed by atoms with E-state index in [2.05, 4.69) is 115 Å². The number of hydrogen-bond donors (Lipinski definition) is 0. The van der Waals surface area contributed by atoms with Gasteiger partial charge in [-0.15, -0.1) is 0 Å². The number of fused-ring (bicyclic) bond motifs is 2. The maximum atomic E-state index is 2.64. The highest BCUT2D eigenvalue weighted by Crippen LogP contribution is 2.38. The molecule has 0 saturated carbocycles. The molecule has 0 unspecified atom stereocenters. The zero-order valence-corrected chi connectivity index (χ0v) is 28.3. The van der Waals surface area contributed by atoms with Gasteiger partial charge in [0, 0.05) is 37.6 Å². The van der Waals surface area contributed by atoms with E-state index in [4.69, 9.17) is 0 Å². The van der Waals surface area contributed by atoms with Gasteiger partial charge in [-0.2, -0.15) is 0 Å². The van der Waals surface area contributed by atoms with Crippen LogP contribution in [0.25, 0.3) is 0 Å². The van der Waals surface area contributed by atoms with E-state index in [1.165, 1.54) is 100 Å². The second-order valence-corrected chi connectivity index (χ2v) is 13.7. The van der Waals surface area contributed by atoms with Gasteiger partial charge < -0.3 is 9.80 Å². The molecule has 6 rings (SSSR count). The molecule has 4 aromatic carbocycles. The molecule has 0 saturated heterocycles. The zero-order valence-electron chi connectivity index (χ0n) is 28.3. The van der Waals surface area contributed by atoms with Crippen molar-refractivity contribution in [1.29, 1.82) is 0 Å². The van der Waals surface area contributed by atoms with Gasteiger partial charge in [-0.3, -0.25) is 0 Å². The molecular formula is C41H50N2. The molecule has 0 spiro atoms. The molecule has 2 heterocycles. The van der Waals surface area contributed by atoms with Crippen LogP contribution in [0.5, 0.6) is 0 Å². The summed E-state index contributed by atoms with van der Waals surface area (Å²) in [5, 5.41) is 0. The highest BCUT2D eigenvalue weighted by Gasteiger charge is 2.24. The van der Waals surface area contributed by atoms with Gasteiger partial charge >= 0.3 is 0 Å². The second-order valence-electron chi connectivity index (χ2n) is 13.7. The van der Waals surface area contributed by atoms with E-state index < -0.39 is 0 Å². The van der Waals surface area contributed by atoms with E-state index in [0.29, 0.717) is 0 Å². The van der Waals surface area contributed by atoms with Gasteiger partial charge in [-0.1, -0.05) is 36.4 Å². The van der Waals surface area contributed by atoms with Gasteiger partial charge in [0.2, 0.25) is 0 Å². The lowest BCUT2D eigenvalue weighted by Gasteiger charge is -2.35. The summed E-state index contributed by atoms with van der Waals surface area (Å²) >= 11 is 0. The fraction of sp³-hybridized carbons (Fsp3) is 0.415. The standard InChI is InChI=1S/C41H50N2/c1-24-26(3)30(7)40(31(8)27(24)4)42-17-15-36-13-11-34(20-38(36)22-42)19-35-12-14-37-16-18-43(23-39(37)21-35)41-32(9)28(5)25(2)29(6)33(41)10/h11-14,20-21H,15-19,22-23H2,1-10H3. The second kappa shape index (κ2) is 11.2. The Bertz CT molecular complexity index is 1570. The lowest BCUT2D eigenvalue weighted by Crippen LogP contribution is -2.32. The van der Waals surface area contributed by atoms with Gasteiger partial charge in [0.15, 0.2) is 0 Å². The maximum Gasteiger partial charge on any atom is 0.0434 e. The highest BCUT2D eigenvalue weighted by molar-refractivity contribution is 5.68. The largest absolute Gasteiger partial charge is 0.366 e. The fourth-order valence-electron chi connectivity index (χ4n) is 7.97. The maximum absolute atomic E-state index is 2.64. The number of anilines is 2. The Hall–Kier alpha value is -3.52. The van der Waals surface area contributed by atoms with E-state index in [-0.39, 0.29) is 0 Å². The lowest BCUT2D eigenvalue weighted by molar-refractivity contribution is 0.723. The molecule has 2 aliphatic rings. The van der Waals surface area contributed by atoms with Gasteiger partial charge in [0.05, 0.1) is 0 Å². The van der Waals surface area contributed by atoms with Crippen molar-refractivity contribution in [1.82, 2.24) is 0 Å². The molecule has 0 radical (unpaired) electrons. The molecule has 0 bridgehead atoms. The Kier molecular flexibility index (Phi) is 7.69. The van der Waals surface area contributed by atoms with Crippen LogP contribution in [0.1, 0.15) is 89.0 Å². The van der Waals surface area contributed by atoms with Crippen molar-refractivity contribution in [2.24, 2.45) is 0 Å². The third-order valence-corrected chi connectivity index (χ3v) is 11.5. The van der Waals surface area contributed by atoms with E-state index in [1.54, 1.807) is 0 Å². The van der Waals surface area contributed by atoms with Crippen molar-refractivity contribution in [3.8, 4) is 0 Å². The Balaban J connectivity index is 1.24. The first-order valence-corrected chi connectivity index (χ1v) is 16.3. The number of nitrogens with zero attached hydrogens (tertiary/aromatic N) is 2. The molecule has 0 amide bonds. The molecular weight excluding hydrogens is 520 g/mol. The molecule has 2 nitrogen and oxygen atoms in total. The van der Waals surface area contributed by atoms with E-state index in [0.717, 1.165) is 45.4 Å². The minimum atomic E-state index is 0.988. The molecule has 0 aliphatic carbocycles. The minimum Gasteiger partial charge on any atom is -0.366 e. The third kappa shape index (κ3) is 5.07. The summed E-state index contributed by atoms with van der Waals surface area (Å²) in [4.78, 5) is 5.28. The Labute approximate surface area is 260 Å². The van der Waals surface area contributed by atoms with Gasteiger partial charge in [-0.25, -0.2) is 0 Å². The SMILES string of the molecule is Cc1c(C)c(C)c(N2CCc3ccc(Cc4ccc5c(c4)CN(c4c(C)c(C)c(C)c(C)c4C)CC5)cc3C2)c(C)c1C. The number of benzene rings is 4. The van der Waals surface area contributed by atoms with E-state index in [9.17, 15) is 0 Å². The summed E-state index contributed by atoms with van der Waals surface area (Å²) in [7, 11) is 0. The molecule has 0 fully saturated rings. The zero-order chi connectivity index (χ0) is 30.7. The predicted molar refractivity (Wildman–Crippen MR) is 185 cm³/mol. The first-order chi connectivity index (χ1) is 20.5. The number of rotatable bonds is 4. The van der Waals surface area contributed by atoms with Crippen molar-refractivity contribution >= 4 is 11.4 Å². The molecule has 224 valence electrons. The smallest absolute Gasteiger partial charge is 0.0434 e. The first-order valence-electron chi connectivity index (χ1n) is 16.3. The van der Waals surface area contributed by atoms with Gasteiger partial charge in [0.25, 0.3) is 0 Å². The van der Waals surface area contributed by atoms with Crippen molar-refractivity contribution in [2.45, 2.75) is 102 Å². The average molecular weight is 571 g/mol. The van der Waals surface area contributed by atoms with Crippen molar-refractivity contribution in [3.05, 3.63) is 125 Å². The minimum absolute atomic E-state index is 0.988. The van der Waals surface area contributed by atoms with Crippen LogP contribution in [0.15, 0.2) is 36.4 Å². The fourth-order valence-corrected chi connectivity index (χ4v) is 7.97. The van der Waals surface area contributed by atoms with Crippen molar-refractivity contribution in [2.75, 3.05) is 22.9 Å². The molecule has 0 atom stereocenters. The molecule has 2 aliphatic heterocycles. The quantitative estimate of drug-likeness (QED) is 0.241. The normalized spacial score (nSPS) is 14.7. The predicted octanol–water partition coefficient (Wildman–Crippen LogP) is 9.49. The van der Waals surface area contributed by atoms with Crippen LogP contribution < -0.4 is 9.80 Å². The van der Waals surface area contributed by atoms with Crippen molar-refractivity contribution in [3.63, 3.8) is 0 Å². The summed E-state index contributed by atoms with van der Waals surface area (Å²) < 4.78 is 0. The third-order valence-electron chi connectivity index (χ3n) is 11.5. The van der Waals surface area contributed by atoms with Crippen LogP contribution in [0, 0.1) is 69.2 Å². The number of hydrogen-bond acceptors (Lipinski definition) is 2. The van der Waals surface area contributed by atoms with Crippen LogP contribution in [0.2, 0.25) is 0 Å². The van der Waals surface area contributed by atoms with Crippen LogP contribution in [0.3, 0.4) is 0 Å². The van der Waals surface area contributed by atoms with E-state index in [1.807, 2.05) is 0 Å². The summed E-state index contributed by atoms with van der Waals surface area (Å²) in [6.45, 7) is 27.2. The molecule has 43 heavy (non-hydrogen) atoms. The summed E-state index contributed by atoms with van der Waals surface area (Å²) in [5.41, 5.74) is 26.3. The monoisotopic (exact) mass is 570 g/mol. The van der Waals surface area contributed by atoms with Crippen LogP contribution in [0.4, 0.5) is 11.4 Å². The molecule has 0 N–H and O–H groups in total. The van der Waals surface area contributed by atoms with Gasteiger partial charge in [-0.05, 0) is 178 Å². The van der Waals surface area contributed by atoms with E-state index >= 15 is 0 Å². The lowest BCUT2D eigenvalue weighted by atomic mass is 9.89. The highest BCUT2D eigenvalue weighted by atomic mass is 15.1. The Morgan fingerprint density at radius 1 is 0.419 bits per heavy atom. The topological polar surface area (TPSA) is 6.48 Å². The van der Waals surface area contributed by atoms with Crippen molar-refractivity contribution < 1.29 is 0 Å².